The Morgan fingerprint density at radius 3 is 2.44 bits per heavy atom. The monoisotopic (exact) mass is 556 g/mol. The second-order valence-corrected chi connectivity index (χ2v) is 10.8. The van der Waals surface area contributed by atoms with E-state index in [1.807, 2.05) is 91.2 Å². The number of carbonyl (C=O) groups excluding carboxylic acids is 1. The maximum atomic E-state index is 13.8. The summed E-state index contributed by atoms with van der Waals surface area (Å²) < 4.78 is 13.4. The highest BCUT2D eigenvalue weighted by atomic mass is 32.2. The number of ether oxygens (including phenoxy) is 2. The van der Waals surface area contributed by atoms with E-state index in [-0.39, 0.29) is 12.2 Å². The first-order valence-electron chi connectivity index (χ1n) is 12.6. The van der Waals surface area contributed by atoms with E-state index in [9.17, 15) is 9.59 Å². The molecular weight excluding hydrogens is 528 g/mol. The fraction of sp³-hybridized carbons (Fsp3) is 0.194. The molecule has 4 aromatic rings. The molecule has 0 spiro atoms. The van der Waals surface area contributed by atoms with Crippen LogP contribution in [0.15, 0.2) is 105 Å². The number of hydrogen-bond donors (Lipinski definition) is 0. The number of rotatable bonds is 8. The number of thioether (sulfide) groups is 1. The molecule has 0 fully saturated rings. The van der Waals surface area contributed by atoms with Crippen molar-refractivity contribution in [2.24, 2.45) is 4.99 Å². The summed E-state index contributed by atoms with van der Waals surface area (Å²) in [5.74, 6) is 0.291. The zero-order chi connectivity index (χ0) is 27.4. The number of hydrogen-bond acceptors (Lipinski definition) is 7. The van der Waals surface area contributed by atoms with Gasteiger partial charge in [0.25, 0.3) is 5.56 Å². The number of fused-ring (bicyclic) bond motifs is 1. The number of allylic oxidation sites excluding steroid dienone is 1. The second-order valence-electron chi connectivity index (χ2n) is 8.92. The summed E-state index contributed by atoms with van der Waals surface area (Å²) in [6.07, 6.45) is 3.86. The van der Waals surface area contributed by atoms with Crippen molar-refractivity contribution in [1.82, 2.24) is 4.57 Å². The molecule has 198 valence electrons. The molecule has 39 heavy (non-hydrogen) atoms. The number of nitrogens with zero attached hydrogens (tertiary/aromatic N) is 2. The third-order valence-corrected chi connectivity index (χ3v) is 8.10. The Balaban J connectivity index is 1.51. The van der Waals surface area contributed by atoms with Crippen molar-refractivity contribution in [3.8, 4) is 5.75 Å². The van der Waals surface area contributed by atoms with Crippen LogP contribution in [0.5, 0.6) is 5.75 Å². The Kier molecular flexibility index (Phi) is 8.14. The normalized spacial score (nSPS) is 15.1. The SMILES string of the molecule is CCOC(=O)C1=C(C)N=c2s/c(=C/c3ccc(OCc4ccccc4)cc3)c(=O)n2C1c1ccc(SC)cc1. The van der Waals surface area contributed by atoms with Crippen LogP contribution in [0, 0.1) is 0 Å². The summed E-state index contributed by atoms with van der Waals surface area (Å²) in [6.45, 7) is 4.28. The number of esters is 1. The molecule has 5 rings (SSSR count). The van der Waals surface area contributed by atoms with Gasteiger partial charge in [0.1, 0.15) is 12.4 Å². The lowest BCUT2D eigenvalue weighted by Gasteiger charge is -2.24. The van der Waals surface area contributed by atoms with Gasteiger partial charge in [0.2, 0.25) is 0 Å². The number of carbonyl (C=O) groups is 1. The van der Waals surface area contributed by atoms with E-state index in [2.05, 4.69) is 4.99 Å². The van der Waals surface area contributed by atoms with E-state index in [4.69, 9.17) is 9.47 Å². The van der Waals surface area contributed by atoms with Crippen LogP contribution in [-0.2, 0) is 16.1 Å². The summed E-state index contributed by atoms with van der Waals surface area (Å²) in [4.78, 5) is 33.1. The molecule has 0 N–H and O–H groups in total. The highest BCUT2D eigenvalue weighted by molar-refractivity contribution is 7.98. The highest BCUT2D eigenvalue weighted by Crippen LogP contribution is 2.31. The standard InChI is InChI=1S/C31H28N2O4S2/c1-4-36-30(35)27-20(2)32-31-33(28(27)23-12-16-25(38-3)17-13-23)29(34)26(39-31)18-21-10-14-24(15-11-21)37-19-22-8-6-5-7-9-22/h5-18,28H,4,19H2,1-3H3/b26-18+. The van der Waals surface area contributed by atoms with Crippen LogP contribution in [0.25, 0.3) is 6.08 Å². The van der Waals surface area contributed by atoms with Gasteiger partial charge in [-0.3, -0.25) is 9.36 Å². The zero-order valence-corrected chi connectivity index (χ0v) is 23.6. The molecule has 1 aliphatic heterocycles. The van der Waals surface area contributed by atoms with Gasteiger partial charge in [-0.15, -0.1) is 11.8 Å². The Hall–Kier alpha value is -3.88. The van der Waals surface area contributed by atoms with E-state index in [0.29, 0.717) is 27.2 Å². The fourth-order valence-corrected chi connectivity index (χ4v) is 5.90. The molecule has 0 aliphatic carbocycles. The molecule has 1 atom stereocenters. The van der Waals surface area contributed by atoms with Gasteiger partial charge in [0.05, 0.1) is 28.5 Å². The second kappa shape index (κ2) is 11.9. The van der Waals surface area contributed by atoms with E-state index >= 15 is 0 Å². The van der Waals surface area contributed by atoms with Crippen molar-refractivity contribution in [3.63, 3.8) is 0 Å². The van der Waals surface area contributed by atoms with E-state index in [1.165, 1.54) is 11.3 Å². The molecule has 2 heterocycles. The third-order valence-electron chi connectivity index (χ3n) is 6.37. The Labute approximate surface area is 235 Å². The van der Waals surface area contributed by atoms with Crippen molar-refractivity contribution in [2.75, 3.05) is 12.9 Å². The molecular formula is C31H28N2O4S2. The van der Waals surface area contributed by atoms with Crippen molar-refractivity contribution in [2.45, 2.75) is 31.4 Å². The van der Waals surface area contributed by atoms with Gasteiger partial charge in [-0.2, -0.15) is 0 Å². The van der Waals surface area contributed by atoms with E-state index in [1.54, 1.807) is 30.2 Å². The zero-order valence-electron chi connectivity index (χ0n) is 21.9. The topological polar surface area (TPSA) is 69.9 Å². The van der Waals surface area contributed by atoms with E-state index < -0.39 is 12.0 Å². The summed E-state index contributed by atoms with van der Waals surface area (Å²) >= 11 is 2.95. The van der Waals surface area contributed by atoms with Crippen molar-refractivity contribution < 1.29 is 14.3 Å². The number of thiazole rings is 1. The van der Waals surface area contributed by atoms with Crippen LogP contribution in [-0.4, -0.2) is 23.4 Å². The van der Waals surface area contributed by atoms with Gasteiger partial charge in [-0.05, 0) is 67.1 Å². The predicted octanol–water partition coefficient (Wildman–Crippen LogP) is 5.10. The maximum Gasteiger partial charge on any atom is 0.338 e. The molecule has 1 unspecified atom stereocenters. The van der Waals surface area contributed by atoms with Crippen molar-refractivity contribution >= 4 is 35.1 Å². The smallest absolute Gasteiger partial charge is 0.338 e. The van der Waals surface area contributed by atoms with Gasteiger partial charge in [-0.25, -0.2) is 9.79 Å². The van der Waals surface area contributed by atoms with Crippen LogP contribution in [0.4, 0.5) is 0 Å². The van der Waals surface area contributed by atoms with Crippen LogP contribution in [0.1, 0.15) is 36.6 Å². The first-order chi connectivity index (χ1) is 19.0. The third kappa shape index (κ3) is 5.77. The molecule has 0 saturated heterocycles. The van der Waals surface area contributed by atoms with Gasteiger partial charge in [0.15, 0.2) is 4.80 Å². The summed E-state index contributed by atoms with van der Waals surface area (Å²) in [6, 6.07) is 24.9. The number of aromatic nitrogens is 1. The molecule has 1 aliphatic rings. The van der Waals surface area contributed by atoms with Crippen LogP contribution in [0.2, 0.25) is 0 Å². The van der Waals surface area contributed by atoms with Crippen molar-refractivity contribution in [1.29, 1.82) is 0 Å². The average Bonchev–Trinajstić information content (AvgIpc) is 3.26. The van der Waals surface area contributed by atoms with Crippen molar-refractivity contribution in [3.05, 3.63) is 127 Å². The Bertz CT molecular complexity index is 1690. The van der Waals surface area contributed by atoms with Gasteiger partial charge in [-0.1, -0.05) is 65.9 Å². The molecule has 6 nitrogen and oxygen atoms in total. The first kappa shape index (κ1) is 26.7. The number of benzene rings is 3. The van der Waals surface area contributed by atoms with Gasteiger partial charge < -0.3 is 9.47 Å². The van der Waals surface area contributed by atoms with Crippen LogP contribution < -0.4 is 19.6 Å². The average molecular weight is 557 g/mol. The molecule has 0 saturated carbocycles. The lowest BCUT2D eigenvalue weighted by molar-refractivity contribution is -0.139. The summed E-state index contributed by atoms with van der Waals surface area (Å²) in [5.41, 5.74) is 3.54. The largest absolute Gasteiger partial charge is 0.489 e. The molecule has 8 heteroatoms. The van der Waals surface area contributed by atoms with Crippen LogP contribution >= 0.6 is 23.1 Å². The van der Waals surface area contributed by atoms with Gasteiger partial charge >= 0.3 is 5.97 Å². The van der Waals surface area contributed by atoms with E-state index in [0.717, 1.165) is 27.3 Å². The minimum atomic E-state index is -0.618. The Morgan fingerprint density at radius 2 is 1.77 bits per heavy atom. The minimum Gasteiger partial charge on any atom is -0.489 e. The predicted molar refractivity (Wildman–Crippen MR) is 156 cm³/mol. The van der Waals surface area contributed by atoms with Gasteiger partial charge in [0, 0.05) is 4.90 Å². The highest BCUT2D eigenvalue weighted by Gasteiger charge is 2.33. The minimum absolute atomic E-state index is 0.198. The lowest BCUT2D eigenvalue weighted by Crippen LogP contribution is -2.39. The first-order valence-corrected chi connectivity index (χ1v) is 14.6. The molecule has 1 aromatic heterocycles. The molecule has 3 aromatic carbocycles. The van der Waals surface area contributed by atoms with Crippen LogP contribution in [0.3, 0.4) is 0 Å². The molecule has 0 radical (unpaired) electrons. The maximum absolute atomic E-state index is 13.8. The quantitative estimate of drug-likeness (QED) is 0.223. The lowest BCUT2D eigenvalue weighted by atomic mass is 9.96. The fourth-order valence-electron chi connectivity index (χ4n) is 4.45. The summed E-state index contributed by atoms with van der Waals surface area (Å²) in [7, 11) is 0. The Morgan fingerprint density at radius 1 is 1.05 bits per heavy atom. The molecule has 0 bridgehead atoms. The molecule has 0 amide bonds. The summed E-state index contributed by atoms with van der Waals surface area (Å²) in [5, 5.41) is 0.